The molecule has 1 aliphatic rings. The molecule has 1 heterocycles. The van der Waals surface area contributed by atoms with Gasteiger partial charge < -0.3 is 16.0 Å². The van der Waals surface area contributed by atoms with Crippen LogP contribution in [0.4, 0.5) is 5.69 Å². The number of hydrogen-bond acceptors (Lipinski definition) is 3. The van der Waals surface area contributed by atoms with E-state index in [1.54, 1.807) is 23.1 Å². The van der Waals surface area contributed by atoms with Crippen molar-refractivity contribution in [1.82, 2.24) is 5.32 Å². The SMILES string of the molecule is C[C@@H](CN)NC(=O)C1CC(=O)N(c2ccccc2Cl)C1. The van der Waals surface area contributed by atoms with Crippen LogP contribution in [0.5, 0.6) is 0 Å². The van der Waals surface area contributed by atoms with Gasteiger partial charge in [-0.1, -0.05) is 23.7 Å². The molecule has 20 heavy (non-hydrogen) atoms. The van der Waals surface area contributed by atoms with Crippen molar-refractivity contribution in [3.05, 3.63) is 29.3 Å². The van der Waals surface area contributed by atoms with Gasteiger partial charge in [0, 0.05) is 25.6 Å². The third kappa shape index (κ3) is 3.11. The first-order chi connectivity index (χ1) is 9.52. The summed E-state index contributed by atoms with van der Waals surface area (Å²) < 4.78 is 0. The van der Waals surface area contributed by atoms with E-state index in [1.165, 1.54) is 0 Å². The molecular formula is C14H18ClN3O2. The molecule has 3 N–H and O–H groups in total. The van der Waals surface area contributed by atoms with Crippen LogP contribution in [-0.2, 0) is 9.59 Å². The monoisotopic (exact) mass is 295 g/mol. The number of nitrogens with zero attached hydrogens (tertiary/aromatic N) is 1. The van der Waals surface area contributed by atoms with Crippen molar-refractivity contribution >= 4 is 29.1 Å². The number of para-hydroxylation sites is 1. The van der Waals surface area contributed by atoms with Gasteiger partial charge in [0.25, 0.3) is 0 Å². The van der Waals surface area contributed by atoms with Crippen LogP contribution in [0.3, 0.4) is 0 Å². The molecule has 0 saturated carbocycles. The average molecular weight is 296 g/mol. The second-order valence-electron chi connectivity index (χ2n) is 5.00. The standard InChI is InChI=1S/C14H18ClN3O2/c1-9(7-16)17-14(20)10-6-13(19)18(8-10)12-5-3-2-4-11(12)15/h2-5,9-10H,6-8,16H2,1H3,(H,17,20)/t9-,10?/m0/s1. The molecule has 0 aromatic heterocycles. The minimum Gasteiger partial charge on any atom is -0.352 e. The Morgan fingerprint density at radius 1 is 1.55 bits per heavy atom. The van der Waals surface area contributed by atoms with Crippen LogP contribution in [0, 0.1) is 5.92 Å². The molecule has 1 aromatic carbocycles. The molecule has 1 fully saturated rings. The van der Waals surface area contributed by atoms with Crippen LogP contribution in [0.2, 0.25) is 5.02 Å². The van der Waals surface area contributed by atoms with Crippen molar-refractivity contribution in [3.8, 4) is 0 Å². The van der Waals surface area contributed by atoms with Crippen LogP contribution in [0.15, 0.2) is 24.3 Å². The number of carbonyl (C=O) groups excluding carboxylic acids is 2. The van der Waals surface area contributed by atoms with Gasteiger partial charge in [-0.05, 0) is 19.1 Å². The maximum atomic E-state index is 12.1. The minimum absolute atomic E-state index is 0.0846. The highest BCUT2D eigenvalue weighted by Crippen LogP contribution is 2.30. The summed E-state index contributed by atoms with van der Waals surface area (Å²) in [7, 11) is 0. The first-order valence-electron chi connectivity index (χ1n) is 6.58. The lowest BCUT2D eigenvalue weighted by Gasteiger charge is -2.18. The summed E-state index contributed by atoms with van der Waals surface area (Å²) in [6, 6.07) is 7.04. The molecule has 1 aromatic rings. The number of rotatable bonds is 4. The molecule has 0 spiro atoms. The van der Waals surface area contributed by atoms with Crippen LogP contribution < -0.4 is 16.0 Å². The Balaban J connectivity index is 2.08. The molecule has 2 rings (SSSR count). The van der Waals surface area contributed by atoms with E-state index in [1.807, 2.05) is 13.0 Å². The Kier molecular flexibility index (Phi) is 4.62. The van der Waals surface area contributed by atoms with E-state index < -0.39 is 0 Å². The van der Waals surface area contributed by atoms with Crippen molar-refractivity contribution in [2.75, 3.05) is 18.0 Å². The first kappa shape index (κ1) is 14.8. The number of amides is 2. The maximum Gasteiger partial charge on any atom is 0.227 e. The van der Waals surface area contributed by atoms with E-state index in [9.17, 15) is 9.59 Å². The molecule has 1 unspecified atom stereocenters. The third-order valence-corrected chi connectivity index (χ3v) is 3.70. The number of nitrogens with two attached hydrogens (primary N) is 1. The Labute approximate surface area is 123 Å². The second kappa shape index (κ2) is 6.24. The Bertz CT molecular complexity index is 521. The van der Waals surface area contributed by atoms with E-state index in [-0.39, 0.29) is 30.2 Å². The molecule has 0 aliphatic carbocycles. The number of carbonyl (C=O) groups is 2. The molecular weight excluding hydrogens is 278 g/mol. The van der Waals surface area contributed by atoms with Crippen LogP contribution >= 0.6 is 11.6 Å². The molecule has 2 atom stereocenters. The minimum atomic E-state index is -0.354. The lowest BCUT2D eigenvalue weighted by Crippen LogP contribution is -2.41. The smallest absolute Gasteiger partial charge is 0.227 e. The van der Waals surface area contributed by atoms with Crippen LogP contribution in [0.25, 0.3) is 0 Å². The Hall–Kier alpha value is -1.59. The van der Waals surface area contributed by atoms with Crippen molar-refractivity contribution in [2.24, 2.45) is 11.7 Å². The highest BCUT2D eigenvalue weighted by atomic mass is 35.5. The number of halogens is 1. The van der Waals surface area contributed by atoms with Gasteiger partial charge in [0.15, 0.2) is 0 Å². The van der Waals surface area contributed by atoms with Crippen molar-refractivity contribution in [2.45, 2.75) is 19.4 Å². The highest BCUT2D eigenvalue weighted by Gasteiger charge is 2.36. The van der Waals surface area contributed by atoms with Crippen molar-refractivity contribution in [3.63, 3.8) is 0 Å². The van der Waals surface area contributed by atoms with Crippen LogP contribution in [0.1, 0.15) is 13.3 Å². The topological polar surface area (TPSA) is 75.4 Å². The molecule has 1 saturated heterocycles. The van der Waals surface area contributed by atoms with Crippen LogP contribution in [-0.4, -0.2) is 30.9 Å². The van der Waals surface area contributed by atoms with Gasteiger partial charge >= 0.3 is 0 Å². The zero-order valence-electron chi connectivity index (χ0n) is 11.3. The van der Waals surface area contributed by atoms with E-state index in [0.717, 1.165) is 0 Å². The maximum absolute atomic E-state index is 12.1. The lowest BCUT2D eigenvalue weighted by atomic mass is 10.1. The molecule has 2 amide bonds. The zero-order chi connectivity index (χ0) is 14.7. The van der Waals surface area contributed by atoms with Gasteiger partial charge in [-0.25, -0.2) is 0 Å². The third-order valence-electron chi connectivity index (χ3n) is 3.38. The number of nitrogens with one attached hydrogen (secondary N) is 1. The molecule has 0 bridgehead atoms. The average Bonchev–Trinajstić information content (AvgIpc) is 2.81. The largest absolute Gasteiger partial charge is 0.352 e. The molecule has 0 radical (unpaired) electrons. The van der Waals surface area contributed by atoms with E-state index >= 15 is 0 Å². The Morgan fingerprint density at radius 3 is 2.90 bits per heavy atom. The number of anilines is 1. The van der Waals surface area contributed by atoms with Crippen molar-refractivity contribution < 1.29 is 9.59 Å². The summed E-state index contributed by atoms with van der Waals surface area (Å²) >= 11 is 6.09. The number of benzene rings is 1. The number of hydrogen-bond donors (Lipinski definition) is 2. The van der Waals surface area contributed by atoms with E-state index in [0.29, 0.717) is 23.8 Å². The summed E-state index contributed by atoms with van der Waals surface area (Å²) in [5.41, 5.74) is 6.13. The summed E-state index contributed by atoms with van der Waals surface area (Å²) in [5.74, 6) is -0.572. The molecule has 5 nitrogen and oxygen atoms in total. The summed E-state index contributed by atoms with van der Waals surface area (Å²) in [5, 5.41) is 3.31. The van der Waals surface area contributed by atoms with Crippen molar-refractivity contribution in [1.29, 1.82) is 0 Å². The summed E-state index contributed by atoms with van der Waals surface area (Å²) in [4.78, 5) is 25.7. The highest BCUT2D eigenvalue weighted by molar-refractivity contribution is 6.33. The van der Waals surface area contributed by atoms with Gasteiger partial charge in [0.1, 0.15) is 0 Å². The fourth-order valence-electron chi connectivity index (χ4n) is 2.21. The van der Waals surface area contributed by atoms with E-state index in [2.05, 4.69) is 5.32 Å². The van der Waals surface area contributed by atoms with Gasteiger partial charge in [0.05, 0.1) is 16.6 Å². The first-order valence-corrected chi connectivity index (χ1v) is 6.96. The predicted molar refractivity (Wildman–Crippen MR) is 78.6 cm³/mol. The van der Waals surface area contributed by atoms with Gasteiger partial charge in [-0.15, -0.1) is 0 Å². The van der Waals surface area contributed by atoms with Gasteiger partial charge in [0.2, 0.25) is 11.8 Å². The quantitative estimate of drug-likeness (QED) is 0.875. The van der Waals surface area contributed by atoms with E-state index in [4.69, 9.17) is 17.3 Å². The van der Waals surface area contributed by atoms with Gasteiger partial charge in [-0.2, -0.15) is 0 Å². The lowest BCUT2D eigenvalue weighted by molar-refractivity contribution is -0.126. The summed E-state index contributed by atoms with van der Waals surface area (Å²) in [6.45, 7) is 2.56. The molecule has 6 heteroatoms. The molecule has 108 valence electrons. The zero-order valence-corrected chi connectivity index (χ0v) is 12.1. The Morgan fingerprint density at radius 2 is 2.25 bits per heavy atom. The fourth-order valence-corrected chi connectivity index (χ4v) is 2.44. The predicted octanol–water partition coefficient (Wildman–Crippen LogP) is 1.16. The fraction of sp³-hybridized carbons (Fsp3) is 0.429. The summed E-state index contributed by atoms with van der Waals surface area (Å²) in [6.07, 6.45) is 0.203. The normalized spacial score (nSPS) is 20.1. The van der Waals surface area contributed by atoms with Gasteiger partial charge in [-0.3, -0.25) is 9.59 Å². The second-order valence-corrected chi connectivity index (χ2v) is 5.41. The molecule has 1 aliphatic heterocycles.